The van der Waals surface area contributed by atoms with E-state index in [2.05, 4.69) is 6.92 Å². The molecule has 0 saturated carbocycles. The Morgan fingerprint density at radius 3 is 2.32 bits per heavy atom. The van der Waals surface area contributed by atoms with Gasteiger partial charge >= 0.3 is 0 Å². The summed E-state index contributed by atoms with van der Waals surface area (Å²) < 4.78 is 16.7. The highest BCUT2D eigenvalue weighted by Gasteiger charge is 2.45. The second-order valence-corrected chi connectivity index (χ2v) is 9.29. The van der Waals surface area contributed by atoms with Crippen molar-refractivity contribution in [3.05, 3.63) is 64.7 Å². The minimum Gasteiger partial charge on any atom is -0.507 e. The number of aryl methyl sites for hydroxylation is 1. The van der Waals surface area contributed by atoms with Gasteiger partial charge in [0.05, 0.1) is 24.8 Å². The number of aliphatic hydroxyl groups excluding tert-OH is 1. The van der Waals surface area contributed by atoms with Gasteiger partial charge in [0.1, 0.15) is 17.3 Å². The van der Waals surface area contributed by atoms with Gasteiger partial charge in [0.15, 0.2) is 0 Å². The molecule has 1 unspecified atom stereocenters. The summed E-state index contributed by atoms with van der Waals surface area (Å²) in [6.07, 6.45) is 4.67. The number of aliphatic hydroxyl groups is 1. The van der Waals surface area contributed by atoms with Gasteiger partial charge in [0.2, 0.25) is 0 Å². The Labute approximate surface area is 220 Å². The topological polar surface area (TPSA) is 85.3 Å². The first-order valence-electron chi connectivity index (χ1n) is 13.2. The Hall–Kier alpha value is -3.32. The standard InChI is InChI=1S/C30H39NO6/c1-5-7-8-19-36-24-13-10-22(11-14-24)27-26(29(33)30(34)31(27)16-9-18-35-4)28(32)23-12-15-25(21(3)20-23)37-17-6-2/h10-15,20,27,32H,5-9,16-19H2,1-4H3/b28-26+. The van der Waals surface area contributed by atoms with Crippen molar-refractivity contribution in [2.24, 2.45) is 0 Å². The molecule has 37 heavy (non-hydrogen) atoms. The SMILES string of the molecule is CCCCCOc1ccc(C2/C(=C(\O)c3ccc(OCCC)c(C)c3)C(=O)C(=O)N2CCCOC)cc1. The second-order valence-electron chi connectivity index (χ2n) is 9.29. The first-order valence-corrected chi connectivity index (χ1v) is 13.2. The van der Waals surface area contributed by atoms with E-state index in [1.807, 2.05) is 38.1 Å². The quantitative estimate of drug-likeness (QED) is 0.150. The minimum atomic E-state index is -0.706. The molecule has 200 valence electrons. The largest absolute Gasteiger partial charge is 0.507 e. The number of rotatable bonds is 14. The van der Waals surface area contributed by atoms with E-state index in [1.54, 1.807) is 25.3 Å². The molecule has 7 heteroatoms. The van der Waals surface area contributed by atoms with Gasteiger partial charge in [-0.2, -0.15) is 0 Å². The second kappa shape index (κ2) is 13.8. The third-order valence-electron chi connectivity index (χ3n) is 6.41. The van der Waals surface area contributed by atoms with E-state index in [4.69, 9.17) is 14.2 Å². The summed E-state index contributed by atoms with van der Waals surface area (Å²) >= 11 is 0. The van der Waals surface area contributed by atoms with E-state index < -0.39 is 17.7 Å². The lowest BCUT2D eigenvalue weighted by molar-refractivity contribution is -0.140. The summed E-state index contributed by atoms with van der Waals surface area (Å²) in [5.74, 6) is -0.0486. The number of methoxy groups -OCH3 is 1. The van der Waals surface area contributed by atoms with Crippen molar-refractivity contribution in [2.45, 2.75) is 58.9 Å². The molecule has 1 heterocycles. The highest BCUT2D eigenvalue weighted by atomic mass is 16.5. The lowest BCUT2D eigenvalue weighted by Gasteiger charge is -2.25. The number of unbranched alkanes of at least 4 members (excludes halogenated alkanes) is 2. The van der Waals surface area contributed by atoms with Crippen molar-refractivity contribution in [1.82, 2.24) is 4.90 Å². The highest BCUT2D eigenvalue weighted by molar-refractivity contribution is 6.46. The summed E-state index contributed by atoms with van der Waals surface area (Å²) in [5, 5.41) is 11.3. The van der Waals surface area contributed by atoms with Gasteiger partial charge in [-0.05, 0) is 67.6 Å². The van der Waals surface area contributed by atoms with Crippen LogP contribution >= 0.6 is 0 Å². The lowest BCUT2D eigenvalue weighted by Crippen LogP contribution is -2.31. The third-order valence-corrected chi connectivity index (χ3v) is 6.41. The summed E-state index contributed by atoms with van der Waals surface area (Å²) in [4.78, 5) is 27.8. The summed E-state index contributed by atoms with van der Waals surface area (Å²) in [5.41, 5.74) is 2.13. The van der Waals surface area contributed by atoms with E-state index in [0.717, 1.165) is 48.3 Å². The Morgan fingerprint density at radius 2 is 1.68 bits per heavy atom. The predicted octanol–water partition coefficient (Wildman–Crippen LogP) is 5.81. The molecule has 1 fully saturated rings. The molecule has 7 nitrogen and oxygen atoms in total. The van der Waals surface area contributed by atoms with Crippen LogP contribution in [-0.2, 0) is 14.3 Å². The molecule has 1 saturated heterocycles. The van der Waals surface area contributed by atoms with Crippen LogP contribution in [0.4, 0.5) is 0 Å². The van der Waals surface area contributed by atoms with Crippen LogP contribution < -0.4 is 9.47 Å². The van der Waals surface area contributed by atoms with Crippen molar-refractivity contribution in [1.29, 1.82) is 0 Å². The molecule has 1 aliphatic rings. The van der Waals surface area contributed by atoms with Gasteiger partial charge in [-0.1, -0.05) is 38.8 Å². The fourth-order valence-electron chi connectivity index (χ4n) is 4.45. The number of hydrogen-bond donors (Lipinski definition) is 1. The average Bonchev–Trinajstić information content (AvgIpc) is 3.15. The Morgan fingerprint density at radius 1 is 0.919 bits per heavy atom. The number of ether oxygens (including phenoxy) is 3. The molecule has 0 spiro atoms. The van der Waals surface area contributed by atoms with Crippen LogP contribution in [0.5, 0.6) is 11.5 Å². The van der Waals surface area contributed by atoms with Crippen LogP contribution in [0.25, 0.3) is 5.76 Å². The minimum absolute atomic E-state index is 0.0839. The first-order chi connectivity index (χ1) is 17.9. The van der Waals surface area contributed by atoms with Crippen molar-refractivity contribution >= 4 is 17.4 Å². The number of ketones is 1. The number of nitrogens with zero attached hydrogens (tertiary/aromatic N) is 1. The number of carbonyl (C=O) groups excluding carboxylic acids is 2. The molecule has 1 N–H and O–H groups in total. The van der Waals surface area contributed by atoms with Crippen molar-refractivity contribution < 1.29 is 28.9 Å². The Balaban J connectivity index is 1.97. The van der Waals surface area contributed by atoms with E-state index in [0.29, 0.717) is 38.3 Å². The molecule has 0 bridgehead atoms. The summed E-state index contributed by atoms with van der Waals surface area (Å²) in [6, 6.07) is 12.0. The number of carbonyl (C=O) groups is 2. The predicted molar refractivity (Wildman–Crippen MR) is 144 cm³/mol. The molecule has 1 aliphatic heterocycles. The van der Waals surface area contributed by atoms with Gasteiger partial charge in [-0.15, -0.1) is 0 Å². The van der Waals surface area contributed by atoms with Crippen LogP contribution in [0.1, 0.15) is 68.7 Å². The van der Waals surface area contributed by atoms with Crippen molar-refractivity contribution in [3.8, 4) is 11.5 Å². The molecular formula is C30H39NO6. The molecule has 2 aromatic carbocycles. The molecule has 0 radical (unpaired) electrons. The third kappa shape index (κ3) is 6.92. The molecule has 1 atom stereocenters. The zero-order valence-electron chi connectivity index (χ0n) is 22.4. The number of Topliss-reactive ketones (excluding diaryl/α,β-unsaturated/α-hetero) is 1. The van der Waals surface area contributed by atoms with Crippen LogP contribution in [0.3, 0.4) is 0 Å². The zero-order chi connectivity index (χ0) is 26.8. The zero-order valence-corrected chi connectivity index (χ0v) is 22.4. The maximum absolute atomic E-state index is 13.2. The van der Waals surface area contributed by atoms with Crippen LogP contribution in [-0.4, -0.2) is 55.2 Å². The number of likely N-dealkylation sites (tertiary alicyclic amines) is 1. The van der Waals surface area contributed by atoms with Crippen molar-refractivity contribution in [3.63, 3.8) is 0 Å². The van der Waals surface area contributed by atoms with Gasteiger partial charge < -0.3 is 24.2 Å². The maximum Gasteiger partial charge on any atom is 0.295 e. The maximum atomic E-state index is 13.2. The number of hydrogen-bond acceptors (Lipinski definition) is 6. The van der Waals surface area contributed by atoms with E-state index in [9.17, 15) is 14.7 Å². The Bertz CT molecular complexity index is 1090. The van der Waals surface area contributed by atoms with Crippen LogP contribution in [0.15, 0.2) is 48.0 Å². The Kier molecular flexibility index (Phi) is 10.6. The molecule has 0 aromatic heterocycles. The summed E-state index contributed by atoms with van der Waals surface area (Å²) in [6.45, 7) is 8.09. The highest BCUT2D eigenvalue weighted by Crippen LogP contribution is 2.40. The van der Waals surface area contributed by atoms with Crippen LogP contribution in [0, 0.1) is 6.92 Å². The van der Waals surface area contributed by atoms with E-state index >= 15 is 0 Å². The number of amides is 1. The smallest absolute Gasteiger partial charge is 0.295 e. The summed E-state index contributed by atoms with van der Waals surface area (Å²) in [7, 11) is 1.60. The van der Waals surface area contributed by atoms with Crippen molar-refractivity contribution in [2.75, 3.05) is 33.5 Å². The van der Waals surface area contributed by atoms with Gasteiger partial charge in [0.25, 0.3) is 11.7 Å². The molecule has 2 aromatic rings. The number of benzene rings is 2. The van der Waals surface area contributed by atoms with Crippen LogP contribution in [0.2, 0.25) is 0 Å². The van der Waals surface area contributed by atoms with E-state index in [1.165, 1.54) is 4.90 Å². The molecule has 1 amide bonds. The molecule has 0 aliphatic carbocycles. The first kappa shape index (κ1) is 28.3. The normalized spacial score (nSPS) is 16.9. The van der Waals surface area contributed by atoms with Gasteiger partial charge in [-0.3, -0.25) is 9.59 Å². The molecule has 3 rings (SSSR count). The fourth-order valence-corrected chi connectivity index (χ4v) is 4.45. The molecular weight excluding hydrogens is 470 g/mol. The average molecular weight is 510 g/mol. The lowest BCUT2D eigenvalue weighted by atomic mass is 9.94. The monoisotopic (exact) mass is 509 g/mol. The van der Waals surface area contributed by atoms with E-state index in [-0.39, 0.29) is 11.3 Å². The van der Waals surface area contributed by atoms with Gasteiger partial charge in [0, 0.05) is 25.8 Å². The van der Waals surface area contributed by atoms with Gasteiger partial charge in [-0.25, -0.2) is 0 Å². The fraction of sp³-hybridized carbons (Fsp3) is 0.467.